The van der Waals surface area contributed by atoms with Gasteiger partial charge < -0.3 is 95.7 Å². The van der Waals surface area contributed by atoms with Gasteiger partial charge in [0.15, 0.2) is 17.2 Å². The Morgan fingerprint density at radius 1 is 0.583 bits per heavy atom. The van der Waals surface area contributed by atoms with Crippen molar-refractivity contribution >= 4 is 194 Å². The smallest absolute Gasteiger partial charge is 0.706 e. The molecule has 115 heavy (non-hydrogen) atoms. The maximum atomic E-state index is 11.7. The Labute approximate surface area is 805 Å². The van der Waals surface area contributed by atoms with Gasteiger partial charge in [-0.1, -0.05) is 170 Å². The molecule has 0 amide bonds. The number of ether oxygens (including phenoxy) is 4. The number of carbonyl (C=O) groups is 2. The van der Waals surface area contributed by atoms with Gasteiger partial charge in [-0.15, -0.1) is 41.5 Å². The van der Waals surface area contributed by atoms with E-state index in [-0.39, 0.29) is 43.2 Å². The maximum Gasteiger partial charge on any atom is 2.00 e. The number of pyridine rings is 2. The molecule has 0 saturated heterocycles. The summed E-state index contributed by atoms with van der Waals surface area (Å²) < 4.78 is 50.5. The zero-order valence-electron chi connectivity index (χ0n) is 67.3. The number of nitriles is 1. The minimum absolute atomic E-state index is 0. The van der Waals surface area contributed by atoms with Crippen molar-refractivity contribution in [2.45, 2.75) is 148 Å². The predicted molar refractivity (Wildman–Crippen MR) is 448 cm³/mol. The fraction of sp³-hybridized carbons (Fsp3) is 0.306. The predicted octanol–water partition coefficient (Wildman–Crippen LogP) is 18.7. The first-order valence-electron chi connectivity index (χ1n) is 36.5. The van der Waals surface area contributed by atoms with E-state index < -0.39 is 30.0 Å². The Bertz CT molecular complexity index is 4630. The van der Waals surface area contributed by atoms with E-state index in [4.69, 9.17) is 100 Å². The molecule has 10 aromatic rings. The van der Waals surface area contributed by atoms with Crippen LogP contribution in [-0.4, -0.2) is 202 Å². The standard InChI is InChI=1S/C33H49P.C17H13N3O3.C16H13BrN2O3.C12H9N.6CN.CH4O3S.Fe.4K.Pd/c1-23(2)26-21-30(24(3)4)33(31(22-26)25(5)6)29-19-13-14-20-32(29)34(27-15-9-7-10-16-27)28-17-11-8-12-18-28;1-22-17(21)13-10-19-20-14(13)7-8-16(15(20)9-18)23-11-12-5-3-2-4-6-12;1-21-16(20)12-9-18-19-13(12)7-8-14(15(19)17)22-10-11-5-3-2-4-6-11;13-12-9-5-4-8-11(12)10-6-2-1-3-7-10;6*1-2;1-5(2,3)4;;;;;;/h13-14,19-25,27-28H,7-12,15-18H2,1-6H3;2-8,10H,11H2,1H3;2-9H,10H2,1H3;1-6,8-9,13H;;;;;;;1H3,(H,2,3,4);;;;;;/q;;;-2;6*-1;;+6;;;;;+2/p+1. The second kappa shape index (κ2) is 67.7. The van der Waals surface area contributed by atoms with Crippen molar-refractivity contribution in [3.05, 3.63) is 283 Å². The Balaban J connectivity index is -0.00000138. The van der Waals surface area contributed by atoms with Gasteiger partial charge >= 0.3 is 176 Å². The van der Waals surface area contributed by atoms with Crippen LogP contribution in [0, 0.1) is 88.4 Å². The van der Waals surface area contributed by atoms with E-state index >= 15 is 0 Å². The number of nitrogens with one attached hydrogen (secondary N) is 1. The molecule has 2 aliphatic rings. The van der Waals surface area contributed by atoms with Crippen LogP contribution in [0.25, 0.3) is 39.0 Å². The fourth-order valence-corrected chi connectivity index (χ4v) is 17.4. The quantitative estimate of drug-likeness (QED) is 0.0234. The molecule has 4 heterocycles. The molecular formula is C85H89BrFeK4N12O9PPdS+. The number of fused-ring (bicyclic) bond motifs is 2. The van der Waals surface area contributed by atoms with Crippen molar-refractivity contribution in [1.29, 1.82) is 36.8 Å². The molecule has 2 saturated carbocycles. The molecule has 0 bridgehead atoms. The van der Waals surface area contributed by atoms with Crippen LogP contribution >= 0.6 is 23.9 Å². The van der Waals surface area contributed by atoms with Crippen LogP contribution in [0.1, 0.15) is 178 Å². The Morgan fingerprint density at radius 2 is 0.965 bits per heavy atom. The van der Waals surface area contributed by atoms with Gasteiger partial charge in [0.1, 0.15) is 35.0 Å². The molecule has 2 aliphatic carbocycles. The molecule has 2 fully saturated rings. The van der Waals surface area contributed by atoms with Crippen molar-refractivity contribution < 1.29 is 79.0 Å². The SMILES string of the molecule is CC(C)c1cc(C(C)C)c(-c2ccccc2[PH+](C2CCCCC2)C2CCCCC2)c(C(C)C)c1.COC(=O)c1cnn2c(Br)c(OCc3ccccc3)ccc12.COC(=O)c1cnn2c(C#N)c(OCc3ccccc3)ccc12.CS(=O)(=O)O.[C-]#N.[C-]#N.[C-]#N.[C-]#N.[C-]#N.[C-]#N.[Fe+6].[K][K].[K][K].[NH-]c1ccccc1-c1[c-]cccc1.[Pd+2]. The molecule has 0 atom stereocenters. The van der Waals surface area contributed by atoms with E-state index in [0.717, 1.165) is 33.6 Å². The second-order valence-corrected chi connectivity index (χ2v) is 30.5. The molecule has 0 unspecified atom stereocenters. The van der Waals surface area contributed by atoms with Crippen LogP contribution in [0.3, 0.4) is 0 Å². The minimum Gasteiger partial charge on any atom is -0.706 e. The number of halogens is 1. The molecule has 6 aromatic carbocycles. The summed E-state index contributed by atoms with van der Waals surface area (Å²) in [6, 6.07) is 61.8. The summed E-state index contributed by atoms with van der Waals surface area (Å²) in [7, 11) is -1.63. The summed E-state index contributed by atoms with van der Waals surface area (Å²) in [6.45, 7) is 43.6. The van der Waals surface area contributed by atoms with Crippen LogP contribution in [0.5, 0.6) is 11.5 Å². The number of methoxy groups -OCH3 is 2. The van der Waals surface area contributed by atoms with Gasteiger partial charge in [0.25, 0.3) is 10.1 Å². The zero-order chi connectivity index (χ0) is 85.6. The largest absolute Gasteiger partial charge is 2.00 e. The summed E-state index contributed by atoms with van der Waals surface area (Å²) in [5, 5.41) is 57.0. The molecule has 582 valence electrons. The topological polar surface area (TPSA) is 350 Å². The van der Waals surface area contributed by atoms with Crippen molar-refractivity contribution in [2.75, 3.05) is 20.5 Å². The Kier molecular flexibility index (Phi) is 67.8. The Morgan fingerprint density at radius 3 is 1.37 bits per heavy atom. The van der Waals surface area contributed by atoms with Crippen molar-refractivity contribution in [2.24, 2.45) is 0 Å². The monoisotopic (exact) mass is 1880 g/mol. The molecule has 30 heteroatoms. The molecule has 4 aromatic heterocycles. The van der Waals surface area contributed by atoms with E-state index in [9.17, 15) is 23.3 Å². The number of hydrogen-bond donors (Lipinski definition) is 1. The molecule has 2 N–H and O–H groups in total. The zero-order valence-corrected chi connectivity index (χ0v) is 85.8. The first-order chi connectivity index (χ1) is 54.7. The van der Waals surface area contributed by atoms with Crippen LogP contribution in [0.4, 0.5) is 5.69 Å². The number of hydrogen-bond acceptors (Lipinski definition) is 17. The summed E-state index contributed by atoms with van der Waals surface area (Å²) in [5.74, 6) is 1.79. The summed E-state index contributed by atoms with van der Waals surface area (Å²) >= 11 is 8.46. The molecule has 0 aliphatic heterocycles. The van der Waals surface area contributed by atoms with Crippen LogP contribution in [-0.2, 0) is 70.3 Å². The van der Waals surface area contributed by atoms with E-state index in [0.29, 0.717) is 81.2 Å². The van der Waals surface area contributed by atoms with Gasteiger partial charge in [0.05, 0.1) is 60.5 Å². The van der Waals surface area contributed by atoms with Gasteiger partial charge in [-0.05, 0) is 149 Å². The number of esters is 2. The van der Waals surface area contributed by atoms with E-state index in [1.54, 1.807) is 62.4 Å². The third kappa shape index (κ3) is 38.7. The number of aromatic nitrogens is 4. The summed E-state index contributed by atoms with van der Waals surface area (Å²) in [6.07, 6.45) is 18.3. The Hall–Kier alpha value is -3.98. The van der Waals surface area contributed by atoms with E-state index in [1.165, 1.54) is 227 Å². The van der Waals surface area contributed by atoms with Crippen molar-refractivity contribution in [1.82, 2.24) is 19.2 Å². The van der Waals surface area contributed by atoms with Crippen LogP contribution in [0.2, 0.25) is 0 Å². The molecular weight excluding hydrogens is 1790 g/mol. The van der Waals surface area contributed by atoms with Gasteiger partial charge in [-0.25, -0.2) is 18.6 Å². The number of nitrogens with zero attached hydrogens (tertiary/aromatic N) is 11. The average molecular weight is 1880 g/mol. The summed E-state index contributed by atoms with van der Waals surface area (Å²) in [5.41, 5.74) is 24.1. The average Bonchev–Trinajstić information content (AvgIpc) is 1.67. The van der Waals surface area contributed by atoms with Gasteiger partial charge in [0.2, 0.25) is 0 Å². The van der Waals surface area contributed by atoms with Gasteiger partial charge in [0, 0.05) is 13.5 Å². The molecule has 12 rings (SSSR count). The van der Waals surface area contributed by atoms with Crippen LogP contribution < -0.4 is 14.8 Å². The van der Waals surface area contributed by atoms with E-state index in [2.05, 4.69) is 116 Å². The third-order valence-electron chi connectivity index (χ3n) is 17.3. The third-order valence-corrected chi connectivity index (χ3v) is 22.0. The first-order valence-corrected chi connectivity index (χ1v) is 72.8. The normalized spacial score (nSPS) is 11.4. The minimum atomic E-state index is -3.67. The molecule has 0 radical (unpaired) electrons. The number of rotatable bonds is 16. The molecule has 21 nitrogen and oxygen atoms in total. The van der Waals surface area contributed by atoms with E-state index in [1.807, 2.05) is 103 Å². The van der Waals surface area contributed by atoms with Gasteiger partial charge in [-0.2, -0.15) is 29.6 Å². The van der Waals surface area contributed by atoms with Gasteiger partial charge in [-0.3, -0.25) is 4.55 Å². The number of carbonyl (C=O) groups excluding carboxylic acids is 2. The summed E-state index contributed by atoms with van der Waals surface area (Å²) in [4.78, 5) is 23.4. The van der Waals surface area contributed by atoms with Crippen molar-refractivity contribution in [3.63, 3.8) is 0 Å². The molecule has 0 spiro atoms. The maximum absolute atomic E-state index is 11.7. The first kappa shape index (κ1) is 115. The number of benzene rings is 6. The second-order valence-electron chi connectivity index (χ2n) is 25.2. The fourth-order valence-electron chi connectivity index (χ4n) is 12.5. The van der Waals surface area contributed by atoms with Crippen molar-refractivity contribution in [3.8, 4) is 39.8 Å². The van der Waals surface area contributed by atoms with Crippen LogP contribution in [0.15, 0.2) is 187 Å².